The topological polar surface area (TPSA) is 57.9 Å². The summed E-state index contributed by atoms with van der Waals surface area (Å²) < 4.78 is 1.56. The molecule has 5 rings (SSSR count). The fourth-order valence-electron chi connectivity index (χ4n) is 4.17. The van der Waals surface area contributed by atoms with E-state index in [4.69, 9.17) is 0 Å². The molecule has 0 spiro atoms. The van der Waals surface area contributed by atoms with Crippen molar-refractivity contribution in [2.75, 3.05) is 32.7 Å². The molecule has 0 saturated carbocycles. The number of hydrogen-bond acceptors (Lipinski definition) is 5. The van der Waals surface area contributed by atoms with Crippen molar-refractivity contribution in [3.8, 4) is 11.3 Å². The number of aromatic nitrogens is 2. The maximum Gasteiger partial charge on any atom is 0.271 e. The number of benzene rings is 2. The number of carbonyl (C=O) groups is 1. The number of carbonyl (C=O) groups excluding carboxylic acids is 1. The second-order valence-electron chi connectivity index (χ2n) is 8.49. The van der Waals surface area contributed by atoms with Gasteiger partial charge in [0.05, 0.1) is 5.69 Å². The number of thiazole rings is 1. The lowest BCUT2D eigenvalue weighted by Crippen LogP contribution is -2.49. The Balaban J connectivity index is 1.29. The smallest absolute Gasteiger partial charge is 0.271 e. The molecule has 1 amide bonds. The van der Waals surface area contributed by atoms with Gasteiger partial charge in [-0.1, -0.05) is 72.3 Å². The predicted molar refractivity (Wildman–Crippen MR) is 137 cm³/mol. The summed E-state index contributed by atoms with van der Waals surface area (Å²) in [6.45, 7) is 5.59. The molecule has 2 aromatic carbocycles. The number of piperazine rings is 1. The van der Waals surface area contributed by atoms with E-state index in [1.54, 1.807) is 9.30 Å². The van der Waals surface area contributed by atoms with Crippen LogP contribution in [0.3, 0.4) is 0 Å². The first-order valence-corrected chi connectivity index (χ1v) is 12.3. The number of amides is 1. The van der Waals surface area contributed by atoms with Gasteiger partial charge < -0.3 is 4.90 Å². The molecule has 0 unspecified atom stereocenters. The summed E-state index contributed by atoms with van der Waals surface area (Å²) in [5, 5.41) is 1.92. The molecule has 0 radical (unpaired) electrons. The molecule has 0 N–H and O–H groups in total. The second-order valence-corrected chi connectivity index (χ2v) is 9.32. The van der Waals surface area contributed by atoms with Crippen LogP contribution in [0.4, 0.5) is 0 Å². The Kier molecular flexibility index (Phi) is 6.38. The minimum Gasteiger partial charge on any atom is -0.336 e. The van der Waals surface area contributed by atoms with Crippen LogP contribution < -0.4 is 5.56 Å². The quantitative estimate of drug-likeness (QED) is 0.439. The molecule has 6 nitrogen and oxygen atoms in total. The fraction of sp³-hybridized carbons (Fsp3) is 0.222. The SMILES string of the molecule is Cc1ccc(-c2csc3ncc(C(=O)N4CCN(CC=Cc5ccccc5)CC4)c(=O)n23)cc1. The Bertz CT molecular complexity index is 1380. The van der Waals surface area contributed by atoms with E-state index < -0.39 is 0 Å². The molecular weight excluding hydrogens is 444 g/mol. The summed E-state index contributed by atoms with van der Waals surface area (Å²) in [4.78, 5) is 35.7. The maximum atomic E-state index is 13.3. The van der Waals surface area contributed by atoms with Gasteiger partial charge in [0.1, 0.15) is 5.56 Å². The highest BCUT2D eigenvalue weighted by Crippen LogP contribution is 2.24. The Hall–Kier alpha value is -3.55. The number of hydrogen-bond donors (Lipinski definition) is 0. The van der Waals surface area contributed by atoms with Crippen LogP contribution in [0.1, 0.15) is 21.5 Å². The molecule has 172 valence electrons. The molecule has 1 aliphatic heterocycles. The first-order chi connectivity index (χ1) is 16.6. The molecule has 2 aromatic heterocycles. The summed E-state index contributed by atoms with van der Waals surface area (Å²) >= 11 is 1.40. The fourth-order valence-corrected chi connectivity index (χ4v) is 5.03. The zero-order valence-electron chi connectivity index (χ0n) is 19.1. The Labute approximate surface area is 202 Å². The third-order valence-corrected chi connectivity index (χ3v) is 7.00. The van der Waals surface area contributed by atoms with Crippen molar-refractivity contribution in [2.24, 2.45) is 0 Å². The van der Waals surface area contributed by atoms with Crippen LogP contribution in [-0.4, -0.2) is 57.8 Å². The van der Waals surface area contributed by atoms with Crippen LogP contribution in [0, 0.1) is 6.92 Å². The Morgan fingerprint density at radius 1 is 1.03 bits per heavy atom. The van der Waals surface area contributed by atoms with Gasteiger partial charge >= 0.3 is 0 Å². The largest absolute Gasteiger partial charge is 0.336 e. The summed E-state index contributed by atoms with van der Waals surface area (Å²) in [5.74, 6) is -0.243. The molecule has 4 aromatic rings. The molecule has 0 aliphatic carbocycles. The van der Waals surface area contributed by atoms with Crippen LogP contribution >= 0.6 is 11.3 Å². The normalized spacial score (nSPS) is 14.8. The van der Waals surface area contributed by atoms with Crippen molar-refractivity contribution < 1.29 is 4.79 Å². The van der Waals surface area contributed by atoms with E-state index >= 15 is 0 Å². The second kappa shape index (κ2) is 9.75. The van der Waals surface area contributed by atoms with Gasteiger partial charge in [-0.25, -0.2) is 4.98 Å². The van der Waals surface area contributed by atoms with Crippen molar-refractivity contribution in [3.63, 3.8) is 0 Å². The van der Waals surface area contributed by atoms with E-state index in [2.05, 4.69) is 34.2 Å². The molecular formula is C27H26N4O2S. The van der Waals surface area contributed by atoms with Crippen LogP contribution in [0.25, 0.3) is 22.3 Å². The van der Waals surface area contributed by atoms with Crippen LogP contribution in [0.15, 0.2) is 77.0 Å². The highest BCUT2D eigenvalue weighted by Gasteiger charge is 2.25. The first-order valence-electron chi connectivity index (χ1n) is 11.4. The summed E-state index contributed by atoms with van der Waals surface area (Å²) in [7, 11) is 0. The summed E-state index contributed by atoms with van der Waals surface area (Å²) in [5.41, 5.74) is 3.85. The molecule has 7 heteroatoms. The molecule has 1 saturated heterocycles. The third kappa shape index (κ3) is 4.58. The van der Waals surface area contributed by atoms with Crippen LogP contribution in [0.2, 0.25) is 0 Å². The highest BCUT2D eigenvalue weighted by atomic mass is 32.1. The Morgan fingerprint density at radius 3 is 2.50 bits per heavy atom. The van der Waals surface area contributed by atoms with Crippen molar-refractivity contribution >= 4 is 28.3 Å². The molecule has 1 fully saturated rings. The van der Waals surface area contributed by atoms with Crippen molar-refractivity contribution in [1.82, 2.24) is 19.2 Å². The number of rotatable bonds is 5. The van der Waals surface area contributed by atoms with E-state index in [1.165, 1.54) is 23.1 Å². The lowest BCUT2D eigenvalue weighted by atomic mass is 10.1. The molecule has 0 atom stereocenters. The van der Waals surface area contributed by atoms with Gasteiger partial charge in [0.25, 0.3) is 11.5 Å². The number of nitrogens with zero attached hydrogens (tertiary/aromatic N) is 4. The standard InChI is InChI=1S/C27H26N4O2S/c1-20-9-11-22(12-10-20)24-19-34-27-28-18-23(26(33)31(24)27)25(32)30-16-14-29(15-17-30)13-5-8-21-6-3-2-4-7-21/h2-12,18-19H,13-17H2,1H3. The first kappa shape index (κ1) is 22.3. The molecule has 3 heterocycles. The third-order valence-electron chi connectivity index (χ3n) is 6.16. The molecule has 34 heavy (non-hydrogen) atoms. The van der Waals surface area contributed by atoms with Crippen molar-refractivity contribution in [2.45, 2.75) is 6.92 Å². The molecule has 1 aliphatic rings. The number of aryl methyl sites for hydroxylation is 1. The van der Waals surface area contributed by atoms with Gasteiger partial charge in [-0.2, -0.15) is 0 Å². The molecule has 0 bridgehead atoms. The highest BCUT2D eigenvalue weighted by molar-refractivity contribution is 7.15. The maximum absolute atomic E-state index is 13.3. The van der Waals surface area contributed by atoms with E-state index in [9.17, 15) is 9.59 Å². The number of fused-ring (bicyclic) bond motifs is 1. The minimum atomic E-state index is -0.306. The van der Waals surface area contributed by atoms with Crippen molar-refractivity contribution in [1.29, 1.82) is 0 Å². The zero-order chi connectivity index (χ0) is 23.5. The summed E-state index contributed by atoms with van der Waals surface area (Å²) in [6.07, 6.45) is 5.70. The van der Waals surface area contributed by atoms with Crippen LogP contribution in [0.5, 0.6) is 0 Å². The van der Waals surface area contributed by atoms with Gasteiger partial charge in [-0.05, 0) is 18.1 Å². The van der Waals surface area contributed by atoms with Crippen molar-refractivity contribution in [3.05, 3.63) is 99.3 Å². The van der Waals surface area contributed by atoms with Gasteiger partial charge in [-0.15, -0.1) is 11.3 Å². The average Bonchev–Trinajstić information content (AvgIpc) is 3.31. The lowest BCUT2D eigenvalue weighted by molar-refractivity contribution is 0.0648. The van der Waals surface area contributed by atoms with Gasteiger partial charge in [0.15, 0.2) is 4.96 Å². The van der Waals surface area contributed by atoms with E-state index in [-0.39, 0.29) is 17.0 Å². The van der Waals surface area contributed by atoms with E-state index in [1.807, 2.05) is 54.8 Å². The monoisotopic (exact) mass is 470 g/mol. The predicted octanol–water partition coefficient (Wildman–Crippen LogP) is 4.20. The van der Waals surface area contributed by atoms with Gasteiger partial charge in [-0.3, -0.25) is 18.9 Å². The lowest BCUT2D eigenvalue weighted by Gasteiger charge is -2.34. The summed E-state index contributed by atoms with van der Waals surface area (Å²) in [6, 6.07) is 18.2. The van der Waals surface area contributed by atoms with Gasteiger partial charge in [0, 0.05) is 44.3 Å². The Morgan fingerprint density at radius 2 is 1.76 bits per heavy atom. The zero-order valence-corrected chi connectivity index (χ0v) is 19.9. The van der Waals surface area contributed by atoms with Crippen LogP contribution in [-0.2, 0) is 0 Å². The van der Waals surface area contributed by atoms with Gasteiger partial charge in [0.2, 0.25) is 0 Å². The minimum absolute atomic E-state index is 0.127. The van der Waals surface area contributed by atoms with E-state index in [0.717, 1.165) is 36.5 Å². The van der Waals surface area contributed by atoms with E-state index in [0.29, 0.717) is 18.1 Å². The average molecular weight is 471 g/mol.